The van der Waals surface area contributed by atoms with Crippen molar-refractivity contribution in [2.75, 3.05) is 6.61 Å². The number of Topliss-reactive ketones (excluding diaryl/α,β-unsaturated/α-hetero) is 1. The van der Waals surface area contributed by atoms with Crippen molar-refractivity contribution < 1.29 is 147 Å². The van der Waals surface area contributed by atoms with Crippen LogP contribution in [0.3, 0.4) is 0 Å². The van der Waals surface area contributed by atoms with E-state index in [1.807, 2.05) is 0 Å². The summed E-state index contributed by atoms with van der Waals surface area (Å²) in [6.45, 7) is 5.76. The summed E-state index contributed by atoms with van der Waals surface area (Å²) in [5.74, 6) is -4.45. The van der Waals surface area contributed by atoms with Crippen LogP contribution in [0.25, 0.3) is 0 Å². The predicted octanol–water partition coefficient (Wildman–Crippen LogP) is 2.80. The molecule has 2 amide bonds. The van der Waals surface area contributed by atoms with Gasteiger partial charge in [-0.1, -0.05) is 81.6 Å². The van der Waals surface area contributed by atoms with Crippen LogP contribution in [0.1, 0.15) is 94.6 Å². The molecule has 16 heteroatoms. The molecule has 1 heterocycles. The number of nitrogens with one attached hydrogen (secondary N) is 2. The Bertz CT molecular complexity index is 1910. The summed E-state index contributed by atoms with van der Waals surface area (Å²) >= 11 is 0. The first-order chi connectivity index (χ1) is 26.9. The van der Waals surface area contributed by atoms with E-state index in [9.17, 15) is 44.7 Å². The van der Waals surface area contributed by atoms with Crippen molar-refractivity contribution in [3.63, 3.8) is 0 Å². The van der Waals surface area contributed by atoms with Crippen molar-refractivity contribution in [2.45, 2.75) is 133 Å². The molecule has 7 N–H and O–H groups in total. The van der Waals surface area contributed by atoms with Gasteiger partial charge in [0.25, 0.3) is 0 Å². The molecule has 11 atom stereocenters. The molecule has 3 saturated carbocycles. The molecule has 59 heavy (non-hydrogen) atoms. The molecule has 314 valence electrons. The van der Waals surface area contributed by atoms with Gasteiger partial charge < -0.3 is 50.4 Å². The van der Waals surface area contributed by atoms with Crippen LogP contribution in [0.4, 0.5) is 4.79 Å². The molecule has 9 unspecified atom stereocenters. The van der Waals surface area contributed by atoms with E-state index in [4.69, 9.17) is 14.2 Å². The van der Waals surface area contributed by atoms with E-state index in [0.717, 1.165) is 32.1 Å². The zero-order valence-corrected chi connectivity index (χ0v) is 43.4. The topological polar surface area (TPSA) is 221 Å². The second-order valence-electron chi connectivity index (χ2n) is 17.3. The van der Waals surface area contributed by atoms with Gasteiger partial charge in [-0.25, -0.2) is 14.4 Å². The fourth-order valence-electron chi connectivity index (χ4n) is 10.3. The zero-order chi connectivity index (χ0) is 41.1. The van der Waals surface area contributed by atoms with Gasteiger partial charge in [0.2, 0.25) is 0 Å². The third kappa shape index (κ3) is 8.57. The average Bonchev–Trinajstić information content (AvgIpc) is 3.19. The number of aliphatic hydroxyl groups is 5. The SMILES string of the molecule is CC1=C2C(O)C(=O)[C@]3(C)C(O)CC4OC[C@@]4(O)C3C(OC(=O)c3ccccc3)C(O)(CC1OC(=O)C(O)C(NC(=O)NC1CCCCC1)c1ccccc1)C2(C)C.[Ac].[Ac]. The first-order valence-electron chi connectivity index (χ1n) is 19.9. The Labute approximate surface area is 415 Å². The number of rotatable bonds is 8. The fourth-order valence-corrected chi connectivity index (χ4v) is 10.3. The number of esters is 2. The van der Waals surface area contributed by atoms with Crippen LogP contribution in [0.15, 0.2) is 71.8 Å². The summed E-state index contributed by atoms with van der Waals surface area (Å²) in [6, 6.07) is 14.5. The zero-order valence-electron chi connectivity index (χ0n) is 33.9. The Morgan fingerprint density at radius 2 is 1.51 bits per heavy atom. The quantitative estimate of drug-likeness (QED) is 0.150. The van der Waals surface area contributed by atoms with E-state index < -0.39 is 101 Å². The first kappa shape index (κ1) is 48.7. The number of fused-ring (bicyclic) bond motifs is 5. The third-order valence-electron chi connectivity index (χ3n) is 13.8. The molecule has 14 nitrogen and oxygen atoms in total. The van der Waals surface area contributed by atoms with Gasteiger partial charge in [-0.15, -0.1) is 0 Å². The molecule has 2 aromatic rings. The number of benzene rings is 2. The second-order valence-corrected chi connectivity index (χ2v) is 17.3. The van der Waals surface area contributed by atoms with Crippen LogP contribution < -0.4 is 10.6 Å². The number of aliphatic hydroxyl groups excluding tert-OH is 3. The van der Waals surface area contributed by atoms with Crippen LogP contribution >= 0.6 is 0 Å². The summed E-state index contributed by atoms with van der Waals surface area (Å²) in [5.41, 5.74) is -7.02. The number of amides is 2. The monoisotopic (exact) mass is 1240 g/mol. The van der Waals surface area contributed by atoms with Gasteiger partial charge in [-0.05, 0) is 55.5 Å². The molecule has 0 aromatic heterocycles. The maximum absolute atomic E-state index is 14.7. The minimum atomic E-state index is -2.29. The van der Waals surface area contributed by atoms with Crippen molar-refractivity contribution in [3.8, 4) is 0 Å². The maximum atomic E-state index is 14.7. The molecule has 4 fully saturated rings. The van der Waals surface area contributed by atoms with E-state index in [-0.39, 0.29) is 124 Å². The van der Waals surface area contributed by atoms with Gasteiger partial charge in [0.05, 0.1) is 35.8 Å². The first-order valence-corrected chi connectivity index (χ1v) is 19.9. The largest absolute Gasteiger partial charge is 0.456 e. The van der Waals surface area contributed by atoms with E-state index >= 15 is 0 Å². The standard InChI is InChI=1S/C43H54N2O12.2Ac/c1-23-27(56-38(51)33(48)31(24-14-8-5-9-15-24)45-39(52)44-26-18-12-7-13-19-26)21-43(54)36(57-37(50)25-16-10-6-11-17-25)34-41(4,28(46)20-29-42(34,53)22-55-29)35(49)32(47)30(23)40(43,2)3;;/h5-6,8-11,14-17,26-29,31-34,36,46-48,53-54H,7,12-13,18-22H2,1-4H3,(H2,44,45,52);;/t27?,28?,29?,31?,32?,33?,34?,36?,41-,42+,43?;;/m1../s1. The number of ketones is 1. The van der Waals surface area contributed by atoms with Gasteiger partial charge in [-0.2, -0.15) is 0 Å². The molecule has 2 bridgehead atoms. The number of carbonyl (C=O) groups excluding carboxylic acids is 4. The maximum Gasteiger partial charge on any atom is 0.338 e. The molecule has 1 aliphatic heterocycles. The van der Waals surface area contributed by atoms with E-state index in [0.29, 0.717) is 5.56 Å². The van der Waals surface area contributed by atoms with Crippen molar-refractivity contribution in [1.82, 2.24) is 10.6 Å². The van der Waals surface area contributed by atoms with Gasteiger partial charge in [0, 0.05) is 118 Å². The fraction of sp³-hybridized carbons (Fsp3) is 0.581. The Morgan fingerprint density at radius 3 is 2.10 bits per heavy atom. The molecule has 5 aliphatic rings. The van der Waals surface area contributed by atoms with Crippen LogP contribution in [0, 0.1) is 105 Å². The Kier molecular flexibility index (Phi) is 15.5. The van der Waals surface area contributed by atoms with Gasteiger partial charge in [0.1, 0.15) is 29.5 Å². The normalized spacial score (nSPS) is 34.6. The van der Waals surface area contributed by atoms with Crippen LogP contribution in [0.2, 0.25) is 0 Å². The van der Waals surface area contributed by atoms with Crippen molar-refractivity contribution in [3.05, 3.63) is 82.9 Å². The summed E-state index contributed by atoms with van der Waals surface area (Å²) < 4.78 is 17.9. The Hall–Kier alpha value is -1.30. The second kappa shape index (κ2) is 18.8. The average molecular weight is 1240 g/mol. The number of urea groups is 1. The molecule has 1 saturated heterocycles. The molecule has 4 aliphatic carbocycles. The number of hydrogen-bond acceptors (Lipinski definition) is 12. The Balaban J connectivity index is 0.00000331. The summed E-state index contributed by atoms with van der Waals surface area (Å²) in [4.78, 5) is 56.0. The molecule has 7 rings (SSSR count). The summed E-state index contributed by atoms with van der Waals surface area (Å²) in [7, 11) is 0. The van der Waals surface area contributed by atoms with E-state index in [1.165, 1.54) is 26.0 Å². The minimum absolute atomic E-state index is 0. The summed E-state index contributed by atoms with van der Waals surface area (Å²) in [6.07, 6.45) is -5.53. The van der Waals surface area contributed by atoms with E-state index in [2.05, 4.69) is 10.6 Å². The van der Waals surface area contributed by atoms with Gasteiger partial charge in [-0.3, -0.25) is 4.79 Å². The molecule has 0 spiro atoms. The smallest absolute Gasteiger partial charge is 0.338 e. The van der Waals surface area contributed by atoms with Crippen LogP contribution in [-0.4, -0.2) is 110 Å². The molecule has 2 radical (unpaired) electrons. The number of carbonyl (C=O) groups is 4. The van der Waals surface area contributed by atoms with E-state index in [1.54, 1.807) is 62.4 Å². The van der Waals surface area contributed by atoms with Crippen LogP contribution in [-0.2, 0) is 23.8 Å². The predicted molar refractivity (Wildman–Crippen MR) is 203 cm³/mol. The summed E-state index contributed by atoms with van der Waals surface area (Å²) in [5, 5.41) is 66.6. The number of hydrogen-bond donors (Lipinski definition) is 7. The van der Waals surface area contributed by atoms with Crippen LogP contribution in [0.5, 0.6) is 0 Å². The molecular formula is C43H54Ac2N2O12. The number of ether oxygens (including phenoxy) is 3. The van der Waals surface area contributed by atoms with Crippen molar-refractivity contribution >= 4 is 23.8 Å². The molecular weight excluding hydrogens is 1190 g/mol. The van der Waals surface area contributed by atoms with Crippen molar-refractivity contribution in [2.24, 2.45) is 16.7 Å². The van der Waals surface area contributed by atoms with Crippen molar-refractivity contribution in [1.29, 1.82) is 0 Å². The minimum Gasteiger partial charge on any atom is -0.456 e. The molecule has 2 aromatic carbocycles. The van der Waals surface area contributed by atoms with Gasteiger partial charge in [0.15, 0.2) is 11.9 Å². The Morgan fingerprint density at radius 1 is 0.898 bits per heavy atom. The van der Waals surface area contributed by atoms with Gasteiger partial charge >= 0.3 is 18.0 Å². The third-order valence-corrected chi connectivity index (χ3v) is 13.8.